The van der Waals surface area contributed by atoms with Crippen LogP contribution in [0.25, 0.3) is 10.9 Å². The van der Waals surface area contributed by atoms with Crippen molar-refractivity contribution in [2.24, 2.45) is 11.7 Å². The molecule has 212 valence electrons. The Morgan fingerprint density at radius 1 is 1.00 bits per heavy atom. The predicted octanol–water partition coefficient (Wildman–Crippen LogP) is 1.98. The molecular formula is C30H37N5O5. The number of nitrogens with one attached hydrogen (secondary N) is 3. The molecule has 1 saturated heterocycles. The van der Waals surface area contributed by atoms with Gasteiger partial charge in [0.15, 0.2) is 0 Å². The molecule has 1 aliphatic rings. The van der Waals surface area contributed by atoms with Crippen LogP contribution in [0.5, 0.6) is 0 Å². The fourth-order valence-electron chi connectivity index (χ4n) is 5.23. The Morgan fingerprint density at radius 3 is 2.40 bits per heavy atom. The van der Waals surface area contributed by atoms with Crippen molar-refractivity contribution in [1.82, 2.24) is 20.5 Å². The zero-order valence-corrected chi connectivity index (χ0v) is 22.8. The normalized spacial score (nSPS) is 17.4. The molecule has 3 amide bonds. The lowest BCUT2D eigenvalue weighted by atomic mass is 9.99. The quantitative estimate of drug-likeness (QED) is 0.247. The first kappa shape index (κ1) is 28.8. The Kier molecular flexibility index (Phi) is 9.21. The van der Waals surface area contributed by atoms with Gasteiger partial charge >= 0.3 is 5.97 Å². The fourth-order valence-corrected chi connectivity index (χ4v) is 5.23. The highest BCUT2D eigenvalue weighted by atomic mass is 16.4. The lowest BCUT2D eigenvalue weighted by Gasteiger charge is -2.30. The van der Waals surface area contributed by atoms with Gasteiger partial charge in [0.2, 0.25) is 17.7 Å². The van der Waals surface area contributed by atoms with Crippen molar-refractivity contribution in [2.45, 2.75) is 63.7 Å². The van der Waals surface area contributed by atoms with Crippen LogP contribution in [0.2, 0.25) is 0 Å². The number of carbonyl (C=O) groups excluding carboxylic acids is 3. The summed E-state index contributed by atoms with van der Waals surface area (Å²) in [4.78, 5) is 56.6. The maximum atomic E-state index is 13.7. The monoisotopic (exact) mass is 547 g/mol. The molecule has 4 rings (SSSR count). The third-order valence-corrected chi connectivity index (χ3v) is 7.42. The number of rotatable bonds is 11. The Hall–Kier alpha value is -4.18. The number of hydrogen-bond donors (Lipinski definition) is 5. The molecule has 0 spiro atoms. The smallest absolute Gasteiger partial charge is 0.326 e. The van der Waals surface area contributed by atoms with E-state index in [1.807, 2.05) is 54.6 Å². The number of nitrogens with zero attached hydrogens (tertiary/aromatic N) is 1. The SMILES string of the molecule is CC(C)C(NC(=O)C(N)Cc1ccccc1)C(=O)NC(Cc1c[nH]c2ccccc12)C(=O)N1CCCC1C(=O)O. The molecule has 2 aromatic carbocycles. The number of hydrogen-bond acceptors (Lipinski definition) is 5. The van der Waals surface area contributed by atoms with Crippen molar-refractivity contribution in [3.05, 3.63) is 71.9 Å². The maximum Gasteiger partial charge on any atom is 0.326 e. The van der Waals surface area contributed by atoms with Crippen molar-refractivity contribution < 1.29 is 24.3 Å². The number of likely N-dealkylation sites (tertiary alicyclic amines) is 1. The number of carboxylic acids is 1. The minimum Gasteiger partial charge on any atom is -0.480 e. The zero-order valence-electron chi connectivity index (χ0n) is 22.8. The van der Waals surface area contributed by atoms with Crippen LogP contribution < -0.4 is 16.4 Å². The van der Waals surface area contributed by atoms with Crippen LogP contribution in [0.3, 0.4) is 0 Å². The average Bonchev–Trinajstić information content (AvgIpc) is 3.59. The van der Waals surface area contributed by atoms with Crippen LogP contribution >= 0.6 is 0 Å². The topological polar surface area (TPSA) is 158 Å². The summed E-state index contributed by atoms with van der Waals surface area (Å²) in [5.41, 5.74) is 8.76. The lowest BCUT2D eigenvalue weighted by molar-refractivity contribution is -0.149. The van der Waals surface area contributed by atoms with E-state index in [9.17, 15) is 24.3 Å². The van der Waals surface area contributed by atoms with E-state index in [0.29, 0.717) is 25.8 Å². The van der Waals surface area contributed by atoms with E-state index in [0.717, 1.165) is 22.0 Å². The molecule has 6 N–H and O–H groups in total. The molecule has 3 aromatic rings. The van der Waals surface area contributed by atoms with Crippen LogP contribution in [0.1, 0.15) is 37.8 Å². The lowest BCUT2D eigenvalue weighted by Crippen LogP contribution is -2.59. The van der Waals surface area contributed by atoms with Crippen molar-refractivity contribution in [3.8, 4) is 0 Å². The standard InChI is InChI=1S/C30H37N5O5/c1-18(2)26(34-27(36)22(31)15-19-9-4-3-5-10-19)28(37)33-24(29(38)35-14-8-13-25(35)30(39)40)16-20-17-32-23-12-7-6-11-21(20)23/h3-7,9-12,17-18,22,24-26,32H,8,13-16,31H2,1-2H3,(H,33,37)(H,34,36)(H,39,40). The highest BCUT2D eigenvalue weighted by molar-refractivity contribution is 5.95. The van der Waals surface area contributed by atoms with Gasteiger partial charge in [0.25, 0.3) is 0 Å². The van der Waals surface area contributed by atoms with Crippen molar-refractivity contribution in [1.29, 1.82) is 0 Å². The molecule has 40 heavy (non-hydrogen) atoms. The predicted molar refractivity (Wildman–Crippen MR) is 151 cm³/mol. The second-order valence-electron chi connectivity index (χ2n) is 10.7. The molecule has 10 nitrogen and oxygen atoms in total. The van der Waals surface area contributed by atoms with Crippen LogP contribution in [0, 0.1) is 5.92 Å². The number of fused-ring (bicyclic) bond motifs is 1. The Morgan fingerprint density at radius 2 is 1.70 bits per heavy atom. The van der Waals surface area contributed by atoms with Crippen LogP contribution in [0.4, 0.5) is 0 Å². The second-order valence-corrected chi connectivity index (χ2v) is 10.7. The van der Waals surface area contributed by atoms with E-state index in [1.54, 1.807) is 20.0 Å². The number of para-hydroxylation sites is 1. The summed E-state index contributed by atoms with van der Waals surface area (Å²) >= 11 is 0. The first-order valence-electron chi connectivity index (χ1n) is 13.6. The number of nitrogens with two attached hydrogens (primary N) is 1. The molecule has 0 saturated carbocycles. The molecule has 0 radical (unpaired) electrons. The third kappa shape index (κ3) is 6.69. The highest BCUT2D eigenvalue weighted by Gasteiger charge is 2.39. The largest absolute Gasteiger partial charge is 0.480 e. The summed E-state index contributed by atoms with van der Waals surface area (Å²) in [6.45, 7) is 3.89. The van der Waals surface area contributed by atoms with Crippen molar-refractivity contribution in [2.75, 3.05) is 6.54 Å². The Balaban J connectivity index is 1.53. The number of aromatic amines is 1. The molecular weight excluding hydrogens is 510 g/mol. The molecule has 4 unspecified atom stereocenters. The molecule has 0 aliphatic carbocycles. The summed E-state index contributed by atoms with van der Waals surface area (Å²) in [5.74, 6) is -2.82. The number of carbonyl (C=O) groups is 4. The Labute approximate surface area is 233 Å². The molecule has 0 bridgehead atoms. The number of H-pyrrole nitrogens is 1. The van der Waals surface area contributed by atoms with Gasteiger partial charge in [0, 0.05) is 30.1 Å². The van der Waals surface area contributed by atoms with E-state index in [1.165, 1.54) is 4.90 Å². The van der Waals surface area contributed by atoms with Crippen LogP contribution in [-0.4, -0.2) is 69.4 Å². The van der Waals surface area contributed by atoms with Gasteiger partial charge in [0.1, 0.15) is 18.1 Å². The summed E-state index contributed by atoms with van der Waals surface area (Å²) < 4.78 is 0. The third-order valence-electron chi connectivity index (χ3n) is 7.42. The summed E-state index contributed by atoms with van der Waals surface area (Å²) in [6.07, 6.45) is 3.19. The molecule has 2 heterocycles. The first-order valence-corrected chi connectivity index (χ1v) is 13.6. The first-order chi connectivity index (χ1) is 19.2. The molecule has 4 atom stereocenters. The molecule has 1 aliphatic heterocycles. The minimum absolute atomic E-state index is 0.156. The van der Waals surface area contributed by atoms with Gasteiger partial charge in [-0.25, -0.2) is 4.79 Å². The highest BCUT2D eigenvalue weighted by Crippen LogP contribution is 2.23. The van der Waals surface area contributed by atoms with E-state index >= 15 is 0 Å². The van der Waals surface area contributed by atoms with Crippen LogP contribution in [0.15, 0.2) is 60.8 Å². The number of amides is 3. The van der Waals surface area contributed by atoms with Gasteiger partial charge in [-0.15, -0.1) is 0 Å². The van der Waals surface area contributed by atoms with E-state index in [2.05, 4.69) is 15.6 Å². The van der Waals surface area contributed by atoms with Gasteiger partial charge in [-0.05, 0) is 42.4 Å². The van der Waals surface area contributed by atoms with Gasteiger partial charge in [-0.1, -0.05) is 62.4 Å². The average molecular weight is 548 g/mol. The van der Waals surface area contributed by atoms with Crippen molar-refractivity contribution in [3.63, 3.8) is 0 Å². The minimum atomic E-state index is -1.07. The van der Waals surface area contributed by atoms with E-state index < -0.39 is 47.9 Å². The van der Waals surface area contributed by atoms with Gasteiger partial charge in [0.05, 0.1) is 6.04 Å². The van der Waals surface area contributed by atoms with Crippen molar-refractivity contribution >= 4 is 34.6 Å². The zero-order chi connectivity index (χ0) is 28.8. The summed E-state index contributed by atoms with van der Waals surface area (Å²) in [6, 6.07) is 13.2. The van der Waals surface area contributed by atoms with Gasteiger partial charge < -0.3 is 31.4 Å². The summed E-state index contributed by atoms with van der Waals surface area (Å²) in [7, 11) is 0. The van der Waals surface area contributed by atoms with E-state index in [4.69, 9.17) is 5.73 Å². The molecule has 10 heteroatoms. The molecule has 1 fully saturated rings. The van der Waals surface area contributed by atoms with E-state index in [-0.39, 0.29) is 12.3 Å². The van der Waals surface area contributed by atoms with Crippen LogP contribution in [-0.2, 0) is 32.0 Å². The number of aromatic nitrogens is 1. The second kappa shape index (κ2) is 12.8. The number of aliphatic carboxylic acids is 1. The molecule has 1 aromatic heterocycles. The Bertz CT molecular complexity index is 1350. The summed E-state index contributed by atoms with van der Waals surface area (Å²) in [5, 5.41) is 16.2. The number of benzene rings is 2. The van der Waals surface area contributed by atoms with Gasteiger partial charge in [-0.2, -0.15) is 0 Å². The maximum absolute atomic E-state index is 13.7. The van der Waals surface area contributed by atoms with Gasteiger partial charge in [-0.3, -0.25) is 14.4 Å². The number of carboxylic acid groups (broad SMARTS) is 1. The fraction of sp³-hybridized carbons (Fsp3) is 0.400.